The third-order valence-corrected chi connectivity index (χ3v) is 5.38. The predicted molar refractivity (Wildman–Crippen MR) is 109 cm³/mol. The van der Waals surface area contributed by atoms with Crippen molar-refractivity contribution in [2.75, 3.05) is 6.54 Å². The van der Waals surface area contributed by atoms with Gasteiger partial charge in [0.2, 0.25) is 0 Å². The molecule has 0 bridgehead atoms. The first-order valence-electron chi connectivity index (χ1n) is 9.35. The Morgan fingerprint density at radius 3 is 2.50 bits per heavy atom. The van der Waals surface area contributed by atoms with Crippen molar-refractivity contribution in [3.05, 3.63) is 58.9 Å². The molecule has 26 heavy (non-hydrogen) atoms. The summed E-state index contributed by atoms with van der Waals surface area (Å²) in [6, 6.07) is 12.3. The molecule has 1 aromatic heterocycles. The minimum atomic E-state index is -0.188. The molecule has 0 spiro atoms. The average molecular weight is 376 g/mol. The van der Waals surface area contributed by atoms with Crippen LogP contribution in [0.5, 0.6) is 0 Å². The van der Waals surface area contributed by atoms with E-state index in [9.17, 15) is 4.79 Å². The first kappa shape index (κ1) is 20.5. The topological polar surface area (TPSA) is 60.1 Å². The lowest BCUT2D eigenvalue weighted by Gasteiger charge is -2.26. The lowest BCUT2D eigenvalue weighted by Crippen LogP contribution is -2.32. The molecule has 1 atom stereocenters. The molecule has 2 aromatic rings. The van der Waals surface area contributed by atoms with Gasteiger partial charge in [0.25, 0.3) is 5.91 Å². The Morgan fingerprint density at radius 1 is 1.19 bits per heavy atom. The number of nitrogens with one attached hydrogen (secondary N) is 1. The Morgan fingerprint density at radius 2 is 1.85 bits per heavy atom. The summed E-state index contributed by atoms with van der Waals surface area (Å²) in [5.74, 6) is -0.0264. The molecule has 1 unspecified atom stereocenters. The van der Waals surface area contributed by atoms with Crippen molar-refractivity contribution in [1.29, 1.82) is 0 Å². The fraction of sp³-hybridized carbons (Fsp3) is 0.476. The maximum absolute atomic E-state index is 12.7. The van der Waals surface area contributed by atoms with Gasteiger partial charge in [0, 0.05) is 30.0 Å². The Labute approximate surface area is 162 Å². The normalized spacial score (nSPS) is 16.0. The van der Waals surface area contributed by atoms with Crippen molar-refractivity contribution >= 4 is 18.3 Å². The van der Waals surface area contributed by atoms with Crippen molar-refractivity contribution in [2.45, 2.75) is 58.0 Å². The number of aryl methyl sites for hydroxylation is 1. The van der Waals surface area contributed by atoms with Gasteiger partial charge in [0.05, 0.1) is 5.56 Å². The zero-order chi connectivity index (χ0) is 17.8. The standard InChI is InChI=1S/C21H29N3O.ClH/c1-15-13-19(16(2)24(15)18-11-7-4-8-12-18)21(25)23-14-20(22)17-9-5-3-6-10-17;/h3,5-6,9-10,13,18,20H,4,7-8,11-12,14,22H2,1-2H3,(H,23,25);1H. The molecular formula is C21H30ClN3O. The molecule has 0 saturated heterocycles. The molecular weight excluding hydrogens is 346 g/mol. The maximum atomic E-state index is 12.7. The summed E-state index contributed by atoms with van der Waals surface area (Å²) >= 11 is 0. The van der Waals surface area contributed by atoms with Gasteiger partial charge < -0.3 is 15.6 Å². The summed E-state index contributed by atoms with van der Waals surface area (Å²) in [4.78, 5) is 12.7. The first-order chi connectivity index (χ1) is 12.1. The number of nitrogens with two attached hydrogens (primary N) is 1. The summed E-state index contributed by atoms with van der Waals surface area (Å²) < 4.78 is 2.37. The van der Waals surface area contributed by atoms with Gasteiger partial charge in [-0.2, -0.15) is 0 Å². The summed E-state index contributed by atoms with van der Waals surface area (Å²) in [6.07, 6.45) is 6.34. The van der Waals surface area contributed by atoms with Gasteiger partial charge >= 0.3 is 0 Å². The van der Waals surface area contributed by atoms with Gasteiger partial charge in [-0.25, -0.2) is 0 Å². The average Bonchev–Trinajstić information content (AvgIpc) is 2.95. The largest absolute Gasteiger partial charge is 0.350 e. The number of benzene rings is 1. The van der Waals surface area contributed by atoms with Crippen molar-refractivity contribution in [2.24, 2.45) is 5.73 Å². The highest BCUT2D eigenvalue weighted by Crippen LogP contribution is 2.32. The van der Waals surface area contributed by atoms with E-state index in [1.165, 1.54) is 37.8 Å². The van der Waals surface area contributed by atoms with E-state index in [2.05, 4.69) is 23.7 Å². The molecule has 1 amide bonds. The molecule has 142 valence electrons. The lowest BCUT2D eigenvalue weighted by molar-refractivity contribution is 0.0950. The number of halogens is 1. The number of nitrogens with zero attached hydrogens (tertiary/aromatic N) is 1. The van der Waals surface area contributed by atoms with Crippen LogP contribution in [-0.4, -0.2) is 17.0 Å². The number of carbonyl (C=O) groups excluding carboxylic acids is 1. The van der Waals surface area contributed by atoms with Gasteiger partial charge in [-0.15, -0.1) is 12.4 Å². The minimum absolute atomic E-state index is 0. The van der Waals surface area contributed by atoms with Crippen LogP contribution in [0.25, 0.3) is 0 Å². The van der Waals surface area contributed by atoms with Gasteiger partial charge in [-0.1, -0.05) is 49.6 Å². The fourth-order valence-corrected chi connectivity index (χ4v) is 4.02. The number of carbonyl (C=O) groups is 1. The molecule has 0 aliphatic heterocycles. The van der Waals surface area contributed by atoms with Gasteiger partial charge in [-0.05, 0) is 38.3 Å². The second kappa shape index (κ2) is 9.24. The third kappa shape index (κ3) is 4.49. The number of hydrogen-bond acceptors (Lipinski definition) is 2. The molecule has 1 aromatic carbocycles. The van der Waals surface area contributed by atoms with Crippen molar-refractivity contribution in [3.8, 4) is 0 Å². The van der Waals surface area contributed by atoms with Crippen LogP contribution >= 0.6 is 12.4 Å². The summed E-state index contributed by atoms with van der Waals surface area (Å²) in [6.45, 7) is 4.61. The van der Waals surface area contributed by atoms with E-state index < -0.39 is 0 Å². The van der Waals surface area contributed by atoms with E-state index in [1.54, 1.807) is 0 Å². The van der Waals surface area contributed by atoms with Crippen molar-refractivity contribution < 1.29 is 4.79 Å². The van der Waals surface area contributed by atoms with E-state index in [1.807, 2.05) is 36.4 Å². The van der Waals surface area contributed by atoms with Crippen LogP contribution in [0, 0.1) is 13.8 Å². The SMILES string of the molecule is Cc1cc(C(=O)NCC(N)c2ccccc2)c(C)n1C1CCCCC1.Cl. The Bertz CT molecular complexity index is 720. The maximum Gasteiger partial charge on any atom is 0.253 e. The number of amides is 1. The lowest BCUT2D eigenvalue weighted by atomic mass is 9.95. The van der Waals surface area contributed by atoms with E-state index in [-0.39, 0.29) is 24.4 Å². The highest BCUT2D eigenvalue weighted by molar-refractivity contribution is 5.95. The van der Waals surface area contributed by atoms with Gasteiger partial charge in [0.15, 0.2) is 0 Å². The molecule has 1 aliphatic rings. The number of aromatic nitrogens is 1. The highest BCUT2D eigenvalue weighted by Gasteiger charge is 2.22. The van der Waals surface area contributed by atoms with Gasteiger partial charge in [0.1, 0.15) is 0 Å². The summed E-state index contributed by atoms with van der Waals surface area (Å²) in [5.41, 5.74) is 10.3. The second-order valence-electron chi connectivity index (χ2n) is 7.17. The van der Waals surface area contributed by atoms with Crippen LogP contribution in [-0.2, 0) is 0 Å². The van der Waals surface area contributed by atoms with Crippen LogP contribution < -0.4 is 11.1 Å². The van der Waals surface area contributed by atoms with E-state index in [0.29, 0.717) is 12.6 Å². The Hall–Kier alpha value is -1.78. The van der Waals surface area contributed by atoms with E-state index in [4.69, 9.17) is 5.73 Å². The van der Waals surface area contributed by atoms with Gasteiger partial charge in [-0.3, -0.25) is 4.79 Å². The van der Waals surface area contributed by atoms with Crippen LogP contribution in [0.15, 0.2) is 36.4 Å². The summed E-state index contributed by atoms with van der Waals surface area (Å²) in [7, 11) is 0. The summed E-state index contributed by atoms with van der Waals surface area (Å²) in [5, 5.41) is 3.00. The van der Waals surface area contributed by atoms with Crippen LogP contribution in [0.4, 0.5) is 0 Å². The van der Waals surface area contributed by atoms with Crippen molar-refractivity contribution in [1.82, 2.24) is 9.88 Å². The molecule has 1 aliphatic carbocycles. The Balaban J connectivity index is 0.00000243. The molecule has 1 heterocycles. The highest BCUT2D eigenvalue weighted by atomic mass is 35.5. The van der Waals surface area contributed by atoms with E-state index in [0.717, 1.165) is 16.8 Å². The monoisotopic (exact) mass is 375 g/mol. The van der Waals surface area contributed by atoms with Crippen LogP contribution in [0.3, 0.4) is 0 Å². The van der Waals surface area contributed by atoms with E-state index >= 15 is 0 Å². The minimum Gasteiger partial charge on any atom is -0.350 e. The van der Waals surface area contributed by atoms with Crippen molar-refractivity contribution in [3.63, 3.8) is 0 Å². The zero-order valence-electron chi connectivity index (χ0n) is 15.7. The van der Waals surface area contributed by atoms with Crippen LogP contribution in [0.2, 0.25) is 0 Å². The number of hydrogen-bond donors (Lipinski definition) is 2. The molecule has 0 radical (unpaired) electrons. The molecule has 5 heteroatoms. The smallest absolute Gasteiger partial charge is 0.253 e. The molecule has 3 rings (SSSR count). The fourth-order valence-electron chi connectivity index (χ4n) is 4.02. The number of rotatable bonds is 5. The zero-order valence-corrected chi connectivity index (χ0v) is 16.5. The first-order valence-corrected chi connectivity index (χ1v) is 9.35. The quantitative estimate of drug-likeness (QED) is 0.810. The molecule has 1 fully saturated rings. The second-order valence-corrected chi connectivity index (χ2v) is 7.17. The third-order valence-electron chi connectivity index (χ3n) is 5.38. The molecule has 3 N–H and O–H groups in total. The Kier molecular flexibility index (Phi) is 7.30. The predicted octanol–water partition coefficient (Wildman–Crippen LogP) is 4.46. The molecule has 4 nitrogen and oxygen atoms in total. The van der Waals surface area contributed by atoms with Crippen LogP contribution in [0.1, 0.15) is 71.5 Å². The molecule has 1 saturated carbocycles.